The summed E-state index contributed by atoms with van der Waals surface area (Å²) in [5, 5.41) is 8.90. The molecular formula is C23H24N4. The summed E-state index contributed by atoms with van der Waals surface area (Å²) >= 11 is 0. The summed E-state index contributed by atoms with van der Waals surface area (Å²) in [7, 11) is 0. The second-order valence-electron chi connectivity index (χ2n) is 7.51. The third-order valence-corrected chi connectivity index (χ3v) is 5.89. The Morgan fingerprint density at radius 3 is 2.59 bits per heavy atom. The Balaban J connectivity index is 1.64. The number of aryl methyl sites for hydroxylation is 2. The zero-order chi connectivity index (χ0) is 18.4. The number of aromatic amines is 2. The third-order valence-electron chi connectivity index (χ3n) is 5.89. The second-order valence-corrected chi connectivity index (χ2v) is 7.51. The van der Waals surface area contributed by atoms with Crippen molar-refractivity contribution in [3.63, 3.8) is 0 Å². The molecule has 0 saturated carbocycles. The van der Waals surface area contributed by atoms with E-state index >= 15 is 0 Å². The summed E-state index contributed by atoms with van der Waals surface area (Å²) in [5.41, 5.74) is 8.97. The van der Waals surface area contributed by atoms with Crippen LogP contribution < -0.4 is 0 Å². The maximum Gasteiger partial charge on any atom is 0.0760 e. The first kappa shape index (κ1) is 16.3. The Kier molecular flexibility index (Phi) is 3.87. The molecule has 0 spiro atoms. The molecule has 4 aromatic rings. The minimum atomic E-state index is 0.232. The first-order chi connectivity index (χ1) is 13.2. The summed E-state index contributed by atoms with van der Waals surface area (Å²) < 4.78 is 0. The van der Waals surface area contributed by atoms with Gasteiger partial charge in [0, 0.05) is 40.9 Å². The Hall–Kier alpha value is -2.85. The van der Waals surface area contributed by atoms with Crippen molar-refractivity contribution in [2.45, 2.75) is 32.9 Å². The smallest absolute Gasteiger partial charge is 0.0760 e. The fraction of sp³-hybridized carbons (Fsp3) is 0.261. The molecule has 0 bridgehead atoms. The number of hydrogen-bond donors (Lipinski definition) is 2. The number of hydrogen-bond acceptors (Lipinski definition) is 2. The molecule has 5 rings (SSSR count). The molecule has 1 unspecified atom stereocenters. The fourth-order valence-electron chi connectivity index (χ4n) is 4.48. The van der Waals surface area contributed by atoms with Crippen LogP contribution in [0.1, 0.15) is 39.8 Å². The largest absolute Gasteiger partial charge is 0.357 e. The van der Waals surface area contributed by atoms with Gasteiger partial charge in [0.15, 0.2) is 0 Å². The zero-order valence-corrected chi connectivity index (χ0v) is 15.8. The number of fused-ring (bicyclic) bond motifs is 3. The average molecular weight is 356 g/mol. The maximum atomic E-state index is 4.40. The van der Waals surface area contributed by atoms with Crippen LogP contribution in [0.5, 0.6) is 0 Å². The van der Waals surface area contributed by atoms with E-state index in [1.54, 1.807) is 0 Å². The van der Waals surface area contributed by atoms with Gasteiger partial charge in [-0.3, -0.25) is 10.00 Å². The average Bonchev–Trinajstić information content (AvgIpc) is 3.23. The molecule has 2 aromatic carbocycles. The molecule has 0 fully saturated rings. The first-order valence-corrected chi connectivity index (χ1v) is 9.61. The fourth-order valence-corrected chi connectivity index (χ4v) is 4.48. The number of benzene rings is 2. The van der Waals surface area contributed by atoms with Crippen LogP contribution in [0.3, 0.4) is 0 Å². The van der Waals surface area contributed by atoms with Gasteiger partial charge in [-0.1, -0.05) is 48.5 Å². The van der Waals surface area contributed by atoms with Crippen molar-refractivity contribution in [2.24, 2.45) is 0 Å². The first-order valence-electron chi connectivity index (χ1n) is 9.61. The highest BCUT2D eigenvalue weighted by molar-refractivity contribution is 5.85. The van der Waals surface area contributed by atoms with E-state index in [4.69, 9.17) is 0 Å². The van der Waals surface area contributed by atoms with Crippen molar-refractivity contribution in [3.05, 3.63) is 88.4 Å². The molecule has 3 heterocycles. The van der Waals surface area contributed by atoms with E-state index in [1.807, 2.05) is 0 Å². The molecular weight excluding hydrogens is 332 g/mol. The van der Waals surface area contributed by atoms with Crippen molar-refractivity contribution in [1.82, 2.24) is 20.1 Å². The molecule has 4 heteroatoms. The van der Waals surface area contributed by atoms with Crippen LogP contribution in [0.2, 0.25) is 0 Å². The van der Waals surface area contributed by atoms with Gasteiger partial charge in [-0.05, 0) is 37.5 Å². The van der Waals surface area contributed by atoms with Gasteiger partial charge in [-0.2, -0.15) is 5.10 Å². The van der Waals surface area contributed by atoms with Crippen LogP contribution in [0, 0.1) is 13.8 Å². The predicted octanol–water partition coefficient (Wildman–Crippen LogP) is 4.66. The maximum absolute atomic E-state index is 4.40. The molecule has 0 aliphatic carbocycles. The zero-order valence-electron chi connectivity index (χ0n) is 15.8. The Bertz CT molecular complexity index is 1070. The lowest BCUT2D eigenvalue weighted by atomic mass is 9.92. The Labute approximate surface area is 159 Å². The van der Waals surface area contributed by atoms with Crippen molar-refractivity contribution in [1.29, 1.82) is 0 Å². The number of nitrogens with one attached hydrogen (secondary N) is 2. The molecule has 0 saturated heterocycles. The molecule has 1 aliphatic heterocycles. The standard InChI is InChI=1S/C23H24N4/c1-15-20(16(2)26-25-15)14-27-13-12-19-18-10-6-7-11-21(18)24-22(19)23(27)17-8-4-3-5-9-17/h3-11,23-24H,12-14H2,1-2H3,(H,25,26). The molecule has 2 N–H and O–H groups in total. The van der Waals surface area contributed by atoms with E-state index in [9.17, 15) is 0 Å². The summed E-state index contributed by atoms with van der Waals surface area (Å²) in [6, 6.07) is 19.8. The van der Waals surface area contributed by atoms with Gasteiger partial charge in [0.1, 0.15) is 0 Å². The molecule has 0 radical (unpaired) electrons. The predicted molar refractivity (Wildman–Crippen MR) is 109 cm³/mol. The highest BCUT2D eigenvalue weighted by atomic mass is 15.2. The summed E-state index contributed by atoms with van der Waals surface area (Å²) in [6.45, 7) is 6.15. The molecule has 2 aromatic heterocycles. The number of H-pyrrole nitrogens is 2. The van der Waals surface area contributed by atoms with Gasteiger partial charge >= 0.3 is 0 Å². The lowest BCUT2D eigenvalue weighted by Gasteiger charge is -2.36. The monoisotopic (exact) mass is 356 g/mol. The van der Waals surface area contributed by atoms with Crippen molar-refractivity contribution >= 4 is 10.9 Å². The lowest BCUT2D eigenvalue weighted by Crippen LogP contribution is -2.35. The second kappa shape index (κ2) is 6.39. The minimum absolute atomic E-state index is 0.232. The molecule has 136 valence electrons. The molecule has 27 heavy (non-hydrogen) atoms. The van der Waals surface area contributed by atoms with E-state index in [0.717, 1.165) is 25.2 Å². The number of nitrogens with zero attached hydrogens (tertiary/aromatic N) is 2. The quantitative estimate of drug-likeness (QED) is 0.561. The summed E-state index contributed by atoms with van der Waals surface area (Å²) in [5.74, 6) is 0. The third kappa shape index (κ3) is 2.68. The number of aromatic nitrogens is 3. The van der Waals surface area contributed by atoms with Gasteiger partial charge in [0.2, 0.25) is 0 Å². The van der Waals surface area contributed by atoms with E-state index in [-0.39, 0.29) is 6.04 Å². The highest BCUT2D eigenvalue weighted by Crippen LogP contribution is 2.39. The van der Waals surface area contributed by atoms with Crippen LogP contribution in [-0.4, -0.2) is 26.6 Å². The summed E-state index contributed by atoms with van der Waals surface area (Å²) in [6.07, 6.45) is 1.07. The topological polar surface area (TPSA) is 47.7 Å². The van der Waals surface area contributed by atoms with Crippen LogP contribution in [-0.2, 0) is 13.0 Å². The highest BCUT2D eigenvalue weighted by Gasteiger charge is 2.32. The normalized spacial score (nSPS) is 17.3. The van der Waals surface area contributed by atoms with Crippen LogP contribution >= 0.6 is 0 Å². The Morgan fingerprint density at radius 2 is 1.81 bits per heavy atom. The van der Waals surface area contributed by atoms with E-state index < -0.39 is 0 Å². The van der Waals surface area contributed by atoms with E-state index in [0.29, 0.717) is 0 Å². The molecule has 0 amide bonds. The van der Waals surface area contributed by atoms with Gasteiger partial charge in [-0.15, -0.1) is 0 Å². The summed E-state index contributed by atoms with van der Waals surface area (Å²) in [4.78, 5) is 6.32. The van der Waals surface area contributed by atoms with Gasteiger partial charge in [0.25, 0.3) is 0 Å². The minimum Gasteiger partial charge on any atom is -0.357 e. The van der Waals surface area contributed by atoms with E-state index in [1.165, 1.54) is 39.0 Å². The van der Waals surface area contributed by atoms with Gasteiger partial charge in [0.05, 0.1) is 11.7 Å². The lowest BCUT2D eigenvalue weighted by molar-refractivity contribution is 0.201. The van der Waals surface area contributed by atoms with Gasteiger partial charge in [-0.25, -0.2) is 0 Å². The van der Waals surface area contributed by atoms with Crippen molar-refractivity contribution < 1.29 is 0 Å². The van der Waals surface area contributed by atoms with Crippen LogP contribution in [0.4, 0.5) is 0 Å². The Morgan fingerprint density at radius 1 is 1.04 bits per heavy atom. The SMILES string of the molecule is Cc1n[nH]c(C)c1CN1CCc2c([nH]c3ccccc23)C1c1ccccc1. The van der Waals surface area contributed by atoms with E-state index in [2.05, 4.69) is 88.5 Å². The molecule has 1 aliphatic rings. The number of rotatable bonds is 3. The van der Waals surface area contributed by atoms with Crippen molar-refractivity contribution in [3.8, 4) is 0 Å². The number of para-hydroxylation sites is 1. The van der Waals surface area contributed by atoms with Gasteiger partial charge < -0.3 is 4.98 Å². The van der Waals surface area contributed by atoms with Crippen LogP contribution in [0.25, 0.3) is 10.9 Å². The molecule has 1 atom stereocenters. The van der Waals surface area contributed by atoms with Crippen molar-refractivity contribution in [2.75, 3.05) is 6.54 Å². The molecule has 4 nitrogen and oxygen atoms in total. The van der Waals surface area contributed by atoms with Crippen LogP contribution in [0.15, 0.2) is 54.6 Å².